The first-order valence-electron chi connectivity index (χ1n) is 4.75. The number of hydrogen-bond acceptors (Lipinski definition) is 4. The lowest BCUT2D eigenvalue weighted by molar-refractivity contribution is -0.138. The topological polar surface area (TPSA) is 89.6 Å². The maximum absolute atomic E-state index is 10.7. The number of rotatable bonds is 4. The molecule has 0 radical (unpaired) electrons. The van der Waals surface area contributed by atoms with Crippen LogP contribution in [-0.2, 0) is 16.0 Å². The highest BCUT2D eigenvalue weighted by molar-refractivity contribution is 5.73. The highest BCUT2D eigenvalue weighted by Crippen LogP contribution is 2.14. The smallest absolute Gasteiger partial charge is 0.320 e. The summed E-state index contributed by atoms with van der Waals surface area (Å²) in [5, 5.41) is 8.65. The zero-order chi connectivity index (χ0) is 12.1. The Bertz CT molecular complexity index is 403. The Balaban J connectivity index is 2.74. The second-order valence-electron chi connectivity index (χ2n) is 3.39. The number of aliphatic carboxylic acids is 1. The van der Waals surface area contributed by atoms with Gasteiger partial charge in [0.25, 0.3) is 0 Å². The summed E-state index contributed by atoms with van der Waals surface area (Å²) in [6.07, 6.45) is 0.199. The third-order valence-electron chi connectivity index (χ3n) is 1.93. The van der Waals surface area contributed by atoms with Crippen LogP contribution >= 0.6 is 0 Å². The van der Waals surface area contributed by atoms with Crippen LogP contribution in [0.2, 0.25) is 0 Å². The molecule has 1 atom stereocenters. The number of carbonyl (C=O) groups excluding carboxylic acids is 1. The van der Waals surface area contributed by atoms with E-state index in [0.29, 0.717) is 11.3 Å². The van der Waals surface area contributed by atoms with Gasteiger partial charge < -0.3 is 15.6 Å². The molecule has 86 valence electrons. The zero-order valence-electron chi connectivity index (χ0n) is 8.84. The first kappa shape index (κ1) is 12.2. The van der Waals surface area contributed by atoms with Crippen molar-refractivity contribution in [2.24, 2.45) is 5.73 Å². The van der Waals surface area contributed by atoms with E-state index in [9.17, 15) is 9.59 Å². The average Bonchev–Trinajstić information content (AvgIpc) is 2.16. The van der Waals surface area contributed by atoms with Gasteiger partial charge in [0.15, 0.2) is 0 Å². The molecule has 5 heteroatoms. The van der Waals surface area contributed by atoms with E-state index in [1.54, 1.807) is 24.3 Å². The molecule has 5 nitrogen and oxygen atoms in total. The number of nitrogens with two attached hydrogens (primary N) is 1. The zero-order valence-corrected chi connectivity index (χ0v) is 8.84. The molecule has 0 heterocycles. The van der Waals surface area contributed by atoms with Gasteiger partial charge in [-0.25, -0.2) is 0 Å². The van der Waals surface area contributed by atoms with Gasteiger partial charge in [-0.05, 0) is 24.1 Å². The summed E-state index contributed by atoms with van der Waals surface area (Å²) >= 11 is 0. The SMILES string of the molecule is CC(=O)Oc1cccc(C[C@H](N)C(=O)O)c1. The Morgan fingerprint density at radius 2 is 2.19 bits per heavy atom. The van der Waals surface area contributed by atoms with Crippen LogP contribution in [0.4, 0.5) is 0 Å². The molecule has 3 N–H and O–H groups in total. The fourth-order valence-electron chi connectivity index (χ4n) is 1.24. The monoisotopic (exact) mass is 223 g/mol. The van der Waals surface area contributed by atoms with Crippen molar-refractivity contribution in [2.75, 3.05) is 0 Å². The third kappa shape index (κ3) is 3.70. The van der Waals surface area contributed by atoms with Crippen LogP contribution in [0.1, 0.15) is 12.5 Å². The average molecular weight is 223 g/mol. The van der Waals surface area contributed by atoms with Crippen molar-refractivity contribution in [1.82, 2.24) is 0 Å². The molecule has 0 aliphatic carbocycles. The molecule has 16 heavy (non-hydrogen) atoms. The summed E-state index contributed by atoms with van der Waals surface area (Å²) in [6.45, 7) is 1.30. The summed E-state index contributed by atoms with van der Waals surface area (Å²) in [6, 6.07) is 5.69. The molecule has 1 aromatic rings. The highest BCUT2D eigenvalue weighted by atomic mass is 16.5. The van der Waals surface area contributed by atoms with E-state index >= 15 is 0 Å². The number of benzene rings is 1. The fourth-order valence-corrected chi connectivity index (χ4v) is 1.24. The molecule has 0 amide bonds. The highest BCUT2D eigenvalue weighted by Gasteiger charge is 2.12. The van der Waals surface area contributed by atoms with Crippen molar-refractivity contribution in [2.45, 2.75) is 19.4 Å². The van der Waals surface area contributed by atoms with Crippen LogP contribution in [0.25, 0.3) is 0 Å². The van der Waals surface area contributed by atoms with Crippen LogP contribution in [-0.4, -0.2) is 23.1 Å². The third-order valence-corrected chi connectivity index (χ3v) is 1.93. The predicted octanol–water partition coefficient (Wildman–Crippen LogP) is 0.566. The molecule has 0 saturated carbocycles. The Kier molecular flexibility index (Phi) is 4.02. The van der Waals surface area contributed by atoms with E-state index in [-0.39, 0.29) is 6.42 Å². The van der Waals surface area contributed by atoms with Crippen molar-refractivity contribution in [1.29, 1.82) is 0 Å². The van der Waals surface area contributed by atoms with Crippen LogP contribution in [0.15, 0.2) is 24.3 Å². The lowest BCUT2D eigenvalue weighted by Gasteiger charge is -2.07. The van der Waals surface area contributed by atoms with Gasteiger partial charge in [0.2, 0.25) is 0 Å². The largest absolute Gasteiger partial charge is 0.480 e. The second kappa shape index (κ2) is 5.27. The molecular formula is C11H13NO4. The van der Waals surface area contributed by atoms with Crippen molar-refractivity contribution in [3.8, 4) is 5.75 Å². The van der Waals surface area contributed by atoms with E-state index in [2.05, 4.69) is 0 Å². The minimum Gasteiger partial charge on any atom is -0.480 e. The van der Waals surface area contributed by atoms with Gasteiger partial charge in [0.1, 0.15) is 11.8 Å². The Labute approximate surface area is 92.8 Å². The van der Waals surface area contributed by atoms with E-state index < -0.39 is 18.0 Å². The van der Waals surface area contributed by atoms with E-state index in [1.165, 1.54) is 6.92 Å². The molecule has 0 saturated heterocycles. The quantitative estimate of drug-likeness (QED) is 0.575. The van der Waals surface area contributed by atoms with Crippen LogP contribution < -0.4 is 10.5 Å². The molecule has 0 aliphatic rings. The molecular weight excluding hydrogens is 210 g/mol. The molecule has 0 bridgehead atoms. The summed E-state index contributed by atoms with van der Waals surface area (Å²) in [5.41, 5.74) is 6.11. The minimum absolute atomic E-state index is 0.199. The number of carbonyl (C=O) groups is 2. The maximum Gasteiger partial charge on any atom is 0.320 e. The molecule has 0 unspecified atom stereocenters. The van der Waals surface area contributed by atoms with Crippen LogP contribution in [0, 0.1) is 0 Å². The predicted molar refractivity (Wildman–Crippen MR) is 57.1 cm³/mol. The number of esters is 1. The van der Waals surface area contributed by atoms with Crippen molar-refractivity contribution < 1.29 is 19.4 Å². The van der Waals surface area contributed by atoms with E-state index in [1.807, 2.05) is 0 Å². The number of ether oxygens (including phenoxy) is 1. The molecule has 1 rings (SSSR count). The van der Waals surface area contributed by atoms with Gasteiger partial charge in [-0.1, -0.05) is 12.1 Å². The number of carboxylic acids is 1. The second-order valence-corrected chi connectivity index (χ2v) is 3.39. The lowest BCUT2D eigenvalue weighted by atomic mass is 10.1. The van der Waals surface area contributed by atoms with Crippen molar-refractivity contribution in [3.63, 3.8) is 0 Å². The fraction of sp³-hybridized carbons (Fsp3) is 0.273. The maximum atomic E-state index is 10.7. The molecule has 0 aliphatic heterocycles. The molecule has 1 aromatic carbocycles. The first-order chi connectivity index (χ1) is 7.49. The summed E-state index contributed by atoms with van der Waals surface area (Å²) < 4.78 is 4.87. The van der Waals surface area contributed by atoms with Gasteiger partial charge in [-0.15, -0.1) is 0 Å². The number of hydrogen-bond donors (Lipinski definition) is 2. The van der Waals surface area contributed by atoms with Gasteiger partial charge in [0.05, 0.1) is 0 Å². The number of carboxylic acid groups (broad SMARTS) is 1. The van der Waals surface area contributed by atoms with Gasteiger partial charge in [0, 0.05) is 6.92 Å². The Morgan fingerprint density at radius 3 is 2.75 bits per heavy atom. The van der Waals surface area contributed by atoms with Gasteiger partial charge >= 0.3 is 11.9 Å². The van der Waals surface area contributed by atoms with Gasteiger partial charge in [-0.3, -0.25) is 9.59 Å². The Morgan fingerprint density at radius 1 is 1.50 bits per heavy atom. The van der Waals surface area contributed by atoms with Crippen molar-refractivity contribution in [3.05, 3.63) is 29.8 Å². The van der Waals surface area contributed by atoms with Crippen LogP contribution in [0.3, 0.4) is 0 Å². The summed E-state index contributed by atoms with van der Waals surface area (Å²) in [4.78, 5) is 21.3. The molecule has 0 aromatic heterocycles. The van der Waals surface area contributed by atoms with E-state index in [4.69, 9.17) is 15.6 Å². The lowest BCUT2D eigenvalue weighted by Crippen LogP contribution is -2.32. The van der Waals surface area contributed by atoms with Gasteiger partial charge in [-0.2, -0.15) is 0 Å². The molecule has 0 spiro atoms. The Hall–Kier alpha value is -1.88. The summed E-state index contributed by atoms with van der Waals surface area (Å²) in [7, 11) is 0. The van der Waals surface area contributed by atoms with E-state index in [0.717, 1.165) is 0 Å². The minimum atomic E-state index is -1.06. The molecule has 0 fully saturated rings. The van der Waals surface area contributed by atoms with Crippen molar-refractivity contribution >= 4 is 11.9 Å². The summed E-state index contributed by atoms with van der Waals surface area (Å²) in [5.74, 6) is -1.08. The normalized spacial score (nSPS) is 11.9. The first-order valence-corrected chi connectivity index (χ1v) is 4.75. The standard InChI is InChI=1S/C11H13NO4/c1-7(13)16-9-4-2-3-8(5-9)6-10(12)11(14)15/h2-5,10H,6,12H2,1H3,(H,14,15)/t10-/m0/s1. The van der Waals surface area contributed by atoms with Crippen LogP contribution in [0.5, 0.6) is 5.75 Å².